The van der Waals surface area contributed by atoms with E-state index in [1.54, 1.807) is 24.3 Å². The molecule has 6 nitrogen and oxygen atoms in total. The van der Waals surface area contributed by atoms with Gasteiger partial charge in [-0.1, -0.05) is 29.8 Å². The van der Waals surface area contributed by atoms with Crippen LogP contribution in [-0.4, -0.2) is 42.8 Å². The van der Waals surface area contributed by atoms with Crippen LogP contribution in [0.3, 0.4) is 0 Å². The molecule has 21 heavy (non-hydrogen) atoms. The largest absolute Gasteiger partial charge is 0.396 e. The zero-order valence-electron chi connectivity index (χ0n) is 11.3. The first-order valence-electron chi connectivity index (χ1n) is 6.67. The number of halogens is 1. The zero-order valence-corrected chi connectivity index (χ0v) is 12.1. The number of hydrogen-bond acceptors (Lipinski definition) is 4. The highest BCUT2D eigenvalue weighted by molar-refractivity contribution is 6.31. The molecule has 1 aliphatic heterocycles. The van der Waals surface area contributed by atoms with Crippen molar-refractivity contribution in [2.75, 3.05) is 19.8 Å². The summed E-state index contributed by atoms with van der Waals surface area (Å²) in [4.78, 5) is 23.7. The van der Waals surface area contributed by atoms with Gasteiger partial charge in [0.25, 0.3) is 5.91 Å². The van der Waals surface area contributed by atoms with E-state index in [4.69, 9.17) is 21.4 Å². The van der Waals surface area contributed by atoms with Crippen LogP contribution < -0.4 is 10.6 Å². The van der Waals surface area contributed by atoms with Crippen LogP contribution in [0.1, 0.15) is 18.0 Å². The highest BCUT2D eigenvalue weighted by atomic mass is 35.5. The summed E-state index contributed by atoms with van der Waals surface area (Å²) in [7, 11) is 0. The molecule has 0 radical (unpaired) electrons. The summed E-state index contributed by atoms with van der Waals surface area (Å²) in [6, 6.07) is 6.36. The molecule has 1 saturated heterocycles. The molecule has 2 rings (SSSR count). The molecule has 0 unspecified atom stereocenters. The summed E-state index contributed by atoms with van der Waals surface area (Å²) in [5, 5.41) is 14.6. The van der Waals surface area contributed by atoms with Crippen LogP contribution in [0, 0.1) is 0 Å². The van der Waals surface area contributed by atoms with Crippen LogP contribution in [-0.2, 0) is 14.3 Å². The Morgan fingerprint density at radius 1 is 1.48 bits per heavy atom. The van der Waals surface area contributed by atoms with Gasteiger partial charge < -0.3 is 20.5 Å². The van der Waals surface area contributed by atoms with E-state index in [-0.39, 0.29) is 25.0 Å². The lowest BCUT2D eigenvalue weighted by molar-refractivity contribution is -0.148. The fourth-order valence-electron chi connectivity index (χ4n) is 2.14. The molecule has 0 saturated carbocycles. The average molecular weight is 313 g/mol. The molecule has 1 aliphatic rings. The maximum Gasteiger partial charge on any atom is 0.251 e. The number of carbonyl (C=O) groups excluding carboxylic acids is 2. The summed E-state index contributed by atoms with van der Waals surface area (Å²) in [5.41, 5.74) is 0.634. The number of hydrogen-bond donors (Lipinski definition) is 3. The zero-order chi connectivity index (χ0) is 15.2. The number of rotatable bonds is 5. The maximum absolute atomic E-state index is 12.2. The molecular formula is C14H17ClN2O4. The van der Waals surface area contributed by atoms with Crippen molar-refractivity contribution < 1.29 is 19.4 Å². The number of carbonyl (C=O) groups is 2. The number of morpholine rings is 1. The van der Waals surface area contributed by atoms with Gasteiger partial charge in [-0.15, -0.1) is 0 Å². The molecule has 2 amide bonds. The Kier molecular flexibility index (Phi) is 5.55. The van der Waals surface area contributed by atoms with Gasteiger partial charge >= 0.3 is 0 Å². The molecule has 114 valence electrons. The molecule has 1 fully saturated rings. The van der Waals surface area contributed by atoms with Crippen molar-refractivity contribution in [3.63, 3.8) is 0 Å². The summed E-state index contributed by atoms with van der Waals surface area (Å²) >= 11 is 6.13. The molecular weight excluding hydrogens is 296 g/mol. The van der Waals surface area contributed by atoms with Crippen molar-refractivity contribution >= 4 is 23.4 Å². The summed E-state index contributed by atoms with van der Waals surface area (Å²) in [6.07, 6.45) is -0.386. The van der Waals surface area contributed by atoms with E-state index in [0.717, 1.165) is 0 Å². The minimum Gasteiger partial charge on any atom is -0.396 e. The second kappa shape index (κ2) is 7.40. The average Bonchev–Trinajstić information content (AvgIpc) is 2.48. The lowest BCUT2D eigenvalue weighted by Crippen LogP contribution is -2.52. The molecule has 0 aliphatic carbocycles. The topological polar surface area (TPSA) is 87.7 Å². The highest BCUT2D eigenvalue weighted by Crippen LogP contribution is 2.28. The molecule has 1 aromatic carbocycles. The van der Waals surface area contributed by atoms with Gasteiger partial charge in [0.05, 0.1) is 6.04 Å². The Morgan fingerprint density at radius 3 is 2.95 bits per heavy atom. The first-order chi connectivity index (χ1) is 10.1. The summed E-state index contributed by atoms with van der Waals surface area (Å²) < 4.78 is 5.36. The van der Waals surface area contributed by atoms with Gasteiger partial charge in [-0.3, -0.25) is 9.59 Å². The normalized spacial score (nSPS) is 21.7. The summed E-state index contributed by atoms with van der Waals surface area (Å²) in [5.74, 6) is -0.632. The van der Waals surface area contributed by atoms with E-state index < -0.39 is 12.1 Å². The first kappa shape index (κ1) is 15.8. The van der Waals surface area contributed by atoms with Gasteiger partial charge in [0.15, 0.2) is 6.10 Å². The Morgan fingerprint density at radius 2 is 2.24 bits per heavy atom. The number of aliphatic hydroxyl groups is 1. The van der Waals surface area contributed by atoms with E-state index in [0.29, 0.717) is 23.6 Å². The van der Waals surface area contributed by atoms with Crippen molar-refractivity contribution in [2.45, 2.75) is 18.6 Å². The second-order valence-corrected chi connectivity index (χ2v) is 5.07. The Labute approximate surface area is 127 Å². The number of nitrogens with one attached hydrogen (secondary N) is 2. The van der Waals surface area contributed by atoms with Crippen LogP contribution in [0.2, 0.25) is 5.02 Å². The fourth-order valence-corrected chi connectivity index (χ4v) is 2.39. The molecule has 0 spiro atoms. The smallest absolute Gasteiger partial charge is 0.251 e. The van der Waals surface area contributed by atoms with Crippen LogP contribution in [0.5, 0.6) is 0 Å². The Hall–Kier alpha value is -1.63. The standard InChI is InChI=1S/C14H17ClN2O4/c15-10-5-2-1-4-9(10)12-13(21-8-11(19)17-12)14(20)16-6-3-7-18/h1-2,4-5,12-13,18H,3,6-8H2,(H,16,20)(H,17,19)/t12-,13+/m1/s1. The van der Waals surface area contributed by atoms with E-state index in [1.165, 1.54) is 0 Å². The quantitative estimate of drug-likeness (QED) is 0.687. The number of aliphatic hydroxyl groups excluding tert-OH is 1. The van der Waals surface area contributed by atoms with Gasteiger partial charge in [-0.05, 0) is 18.1 Å². The van der Waals surface area contributed by atoms with Crippen LogP contribution >= 0.6 is 11.6 Å². The lowest BCUT2D eigenvalue weighted by Gasteiger charge is -2.32. The van der Waals surface area contributed by atoms with Gasteiger partial charge in [-0.2, -0.15) is 0 Å². The SMILES string of the molecule is O=C1CO[C@H](C(=O)NCCCO)[C@@H](c2ccccc2Cl)N1. The number of amides is 2. The predicted octanol–water partition coefficient (Wildman–Crippen LogP) is 0.395. The minimum absolute atomic E-state index is 0.00349. The molecule has 3 N–H and O–H groups in total. The molecule has 0 aromatic heterocycles. The molecule has 2 atom stereocenters. The highest BCUT2D eigenvalue weighted by Gasteiger charge is 2.36. The molecule has 1 aromatic rings. The fraction of sp³-hybridized carbons (Fsp3) is 0.429. The summed E-state index contributed by atoms with van der Waals surface area (Å²) in [6.45, 7) is 0.175. The van der Waals surface area contributed by atoms with E-state index in [1.807, 2.05) is 0 Å². The Balaban J connectivity index is 2.16. The predicted molar refractivity (Wildman–Crippen MR) is 76.8 cm³/mol. The van der Waals surface area contributed by atoms with Crippen molar-refractivity contribution in [3.8, 4) is 0 Å². The lowest BCUT2D eigenvalue weighted by atomic mass is 9.99. The van der Waals surface area contributed by atoms with Gasteiger partial charge in [0, 0.05) is 18.2 Å². The van der Waals surface area contributed by atoms with Crippen molar-refractivity contribution in [2.24, 2.45) is 0 Å². The molecule has 0 bridgehead atoms. The third-order valence-corrected chi connectivity index (χ3v) is 3.49. The minimum atomic E-state index is -0.846. The van der Waals surface area contributed by atoms with Crippen LogP contribution in [0.4, 0.5) is 0 Å². The van der Waals surface area contributed by atoms with Crippen molar-refractivity contribution in [1.29, 1.82) is 0 Å². The van der Waals surface area contributed by atoms with Gasteiger partial charge in [0.1, 0.15) is 6.61 Å². The Bertz CT molecular complexity index is 523. The number of ether oxygens (including phenoxy) is 1. The third kappa shape index (κ3) is 3.93. The van der Waals surface area contributed by atoms with Gasteiger partial charge in [0.2, 0.25) is 5.91 Å². The maximum atomic E-state index is 12.2. The van der Waals surface area contributed by atoms with Crippen molar-refractivity contribution in [3.05, 3.63) is 34.9 Å². The van der Waals surface area contributed by atoms with E-state index in [2.05, 4.69) is 10.6 Å². The van der Waals surface area contributed by atoms with E-state index >= 15 is 0 Å². The van der Waals surface area contributed by atoms with Crippen molar-refractivity contribution in [1.82, 2.24) is 10.6 Å². The van der Waals surface area contributed by atoms with Crippen LogP contribution in [0.15, 0.2) is 24.3 Å². The molecule has 1 heterocycles. The first-order valence-corrected chi connectivity index (χ1v) is 7.05. The van der Waals surface area contributed by atoms with E-state index in [9.17, 15) is 9.59 Å². The molecule has 7 heteroatoms. The number of benzene rings is 1. The third-order valence-electron chi connectivity index (χ3n) is 3.15. The monoisotopic (exact) mass is 312 g/mol. The van der Waals surface area contributed by atoms with Crippen LogP contribution in [0.25, 0.3) is 0 Å². The van der Waals surface area contributed by atoms with Gasteiger partial charge in [-0.25, -0.2) is 0 Å². The second-order valence-electron chi connectivity index (χ2n) is 4.67.